The van der Waals surface area contributed by atoms with Crippen LogP contribution in [0, 0.1) is 5.92 Å². The van der Waals surface area contributed by atoms with Crippen LogP contribution in [0.25, 0.3) is 0 Å². The second-order valence-corrected chi connectivity index (χ2v) is 10.6. The summed E-state index contributed by atoms with van der Waals surface area (Å²) in [4.78, 5) is 5.55. The Kier molecular flexibility index (Phi) is 5.68. The first-order valence-electron chi connectivity index (χ1n) is 11.1. The van der Waals surface area contributed by atoms with Crippen LogP contribution in [0.3, 0.4) is 0 Å². The summed E-state index contributed by atoms with van der Waals surface area (Å²) in [7, 11) is 0. The number of hydrogen-bond acceptors (Lipinski definition) is 3. The molecule has 4 heteroatoms. The number of aliphatic hydroxyl groups excluding tert-OH is 1. The number of rotatable bonds is 3. The lowest BCUT2D eigenvalue weighted by Gasteiger charge is -2.48. The first kappa shape index (κ1) is 19.9. The molecule has 2 heterocycles. The van der Waals surface area contributed by atoms with Gasteiger partial charge in [0, 0.05) is 32.9 Å². The largest absolute Gasteiger partial charge is 0.396 e. The van der Waals surface area contributed by atoms with Crippen molar-refractivity contribution < 1.29 is 5.11 Å². The maximum atomic E-state index is 9.23. The lowest BCUT2D eigenvalue weighted by Crippen LogP contribution is -2.46. The van der Waals surface area contributed by atoms with E-state index < -0.39 is 0 Å². The van der Waals surface area contributed by atoms with Crippen LogP contribution < -0.4 is 0 Å². The highest BCUT2D eigenvalue weighted by molar-refractivity contribution is 7.99. The average molecular weight is 428 g/mol. The van der Waals surface area contributed by atoms with Crippen molar-refractivity contribution in [2.75, 3.05) is 19.7 Å². The van der Waals surface area contributed by atoms with E-state index in [4.69, 9.17) is 11.6 Å². The Morgan fingerprint density at radius 1 is 0.966 bits per heavy atom. The summed E-state index contributed by atoms with van der Waals surface area (Å²) in [5.41, 5.74) is 3.09. The molecular formula is C25H30ClNOS. The van der Waals surface area contributed by atoms with Crippen molar-refractivity contribution in [2.24, 2.45) is 5.92 Å². The van der Waals surface area contributed by atoms with Crippen molar-refractivity contribution in [3.63, 3.8) is 0 Å². The summed E-state index contributed by atoms with van der Waals surface area (Å²) in [5, 5.41) is 10.1. The van der Waals surface area contributed by atoms with Crippen LogP contribution in [-0.4, -0.2) is 35.7 Å². The lowest BCUT2D eigenvalue weighted by molar-refractivity contribution is 0.0847. The summed E-state index contributed by atoms with van der Waals surface area (Å²) in [6.07, 6.45) is 8.41. The SMILES string of the molecule is OCCC1CCN(C2CCC3(CC2)c2ccccc2Sc2ccc(Cl)cc23)CC1. The van der Waals surface area contributed by atoms with Gasteiger partial charge in [-0.25, -0.2) is 0 Å². The molecule has 0 aromatic heterocycles. The van der Waals surface area contributed by atoms with Crippen LogP contribution >= 0.6 is 23.4 Å². The zero-order valence-electron chi connectivity index (χ0n) is 16.9. The van der Waals surface area contributed by atoms with Gasteiger partial charge < -0.3 is 10.0 Å². The Bertz CT molecular complexity index is 869. The summed E-state index contributed by atoms with van der Waals surface area (Å²) in [6, 6.07) is 16.2. The molecule has 2 aromatic carbocycles. The van der Waals surface area contributed by atoms with Gasteiger partial charge in [-0.05, 0) is 99.3 Å². The molecule has 1 saturated heterocycles. The lowest BCUT2D eigenvalue weighted by atomic mass is 9.63. The molecule has 0 atom stereocenters. The summed E-state index contributed by atoms with van der Waals surface area (Å²) >= 11 is 8.36. The van der Waals surface area contributed by atoms with E-state index in [1.165, 1.54) is 72.5 Å². The normalized spacial score (nSPS) is 27.6. The van der Waals surface area contributed by atoms with Gasteiger partial charge in [0.05, 0.1) is 0 Å². The molecule has 1 aliphatic carbocycles. The van der Waals surface area contributed by atoms with Gasteiger partial charge >= 0.3 is 0 Å². The summed E-state index contributed by atoms with van der Waals surface area (Å²) < 4.78 is 0. The Labute approximate surface area is 183 Å². The monoisotopic (exact) mass is 427 g/mol. The van der Waals surface area contributed by atoms with Crippen LogP contribution in [0.5, 0.6) is 0 Å². The molecule has 2 fully saturated rings. The molecule has 0 unspecified atom stereocenters. The maximum absolute atomic E-state index is 9.23. The van der Waals surface area contributed by atoms with Crippen molar-refractivity contribution >= 4 is 23.4 Å². The number of benzene rings is 2. The minimum absolute atomic E-state index is 0.119. The highest BCUT2D eigenvalue weighted by atomic mass is 35.5. The van der Waals surface area contributed by atoms with E-state index in [0.717, 1.165) is 17.4 Å². The molecule has 154 valence electrons. The Balaban J connectivity index is 1.38. The number of halogens is 1. The predicted molar refractivity (Wildman–Crippen MR) is 121 cm³/mol. The Morgan fingerprint density at radius 3 is 2.45 bits per heavy atom. The molecule has 1 saturated carbocycles. The van der Waals surface area contributed by atoms with E-state index >= 15 is 0 Å². The molecule has 1 spiro atoms. The van der Waals surface area contributed by atoms with Gasteiger partial charge in [0.25, 0.3) is 0 Å². The van der Waals surface area contributed by atoms with Gasteiger partial charge in [-0.3, -0.25) is 0 Å². The molecule has 29 heavy (non-hydrogen) atoms. The molecule has 0 radical (unpaired) electrons. The van der Waals surface area contributed by atoms with E-state index in [1.54, 1.807) is 0 Å². The third-order valence-electron chi connectivity index (χ3n) is 7.59. The summed E-state index contributed by atoms with van der Waals surface area (Å²) in [5.74, 6) is 0.724. The molecule has 1 N–H and O–H groups in total. The van der Waals surface area contributed by atoms with Crippen LogP contribution in [0.15, 0.2) is 52.3 Å². The minimum Gasteiger partial charge on any atom is -0.396 e. The smallest absolute Gasteiger partial charge is 0.0433 e. The Hall–Kier alpha value is -1.00. The third kappa shape index (κ3) is 3.65. The molecule has 5 rings (SSSR count). The number of piperidine rings is 1. The number of fused-ring (bicyclic) bond motifs is 4. The zero-order chi connectivity index (χ0) is 19.8. The van der Waals surface area contributed by atoms with E-state index in [9.17, 15) is 5.11 Å². The zero-order valence-corrected chi connectivity index (χ0v) is 18.5. The topological polar surface area (TPSA) is 23.5 Å². The van der Waals surface area contributed by atoms with Crippen LogP contribution in [0.2, 0.25) is 5.02 Å². The fourth-order valence-corrected chi connectivity index (χ4v) is 7.40. The van der Waals surface area contributed by atoms with Gasteiger partial charge in [-0.1, -0.05) is 41.6 Å². The number of hydrogen-bond donors (Lipinski definition) is 1. The first-order chi connectivity index (χ1) is 14.2. The van der Waals surface area contributed by atoms with E-state index in [2.05, 4.69) is 41.3 Å². The number of aliphatic hydroxyl groups is 1. The van der Waals surface area contributed by atoms with Crippen LogP contribution in [0.4, 0.5) is 0 Å². The van der Waals surface area contributed by atoms with Crippen LogP contribution in [0.1, 0.15) is 56.1 Å². The fraction of sp³-hybridized carbons (Fsp3) is 0.520. The quantitative estimate of drug-likeness (QED) is 0.637. The standard InChI is InChI=1S/C25H30ClNOS/c26-19-5-6-24-22(17-19)25(21-3-1-2-4-23(21)29-24)12-7-20(8-13-25)27-14-9-18(10-15-27)11-16-28/h1-6,17-18,20,28H,7-16H2. The highest BCUT2D eigenvalue weighted by Crippen LogP contribution is 2.56. The highest BCUT2D eigenvalue weighted by Gasteiger charge is 2.44. The second kappa shape index (κ2) is 8.26. The molecule has 0 bridgehead atoms. The second-order valence-electron chi connectivity index (χ2n) is 9.04. The fourth-order valence-electron chi connectivity index (χ4n) is 5.97. The predicted octanol–water partition coefficient (Wildman–Crippen LogP) is 6.13. The third-order valence-corrected chi connectivity index (χ3v) is 8.98. The van der Waals surface area contributed by atoms with Gasteiger partial charge in [-0.15, -0.1) is 0 Å². The van der Waals surface area contributed by atoms with Gasteiger partial charge in [0.2, 0.25) is 0 Å². The van der Waals surface area contributed by atoms with E-state index in [0.29, 0.717) is 12.6 Å². The Morgan fingerprint density at radius 2 is 1.69 bits per heavy atom. The van der Waals surface area contributed by atoms with Crippen LogP contribution in [-0.2, 0) is 5.41 Å². The number of likely N-dealkylation sites (tertiary alicyclic amines) is 1. The van der Waals surface area contributed by atoms with E-state index in [-0.39, 0.29) is 5.41 Å². The molecule has 2 aromatic rings. The average Bonchev–Trinajstić information content (AvgIpc) is 2.76. The van der Waals surface area contributed by atoms with Crippen molar-refractivity contribution in [2.45, 2.75) is 66.2 Å². The van der Waals surface area contributed by atoms with Crippen molar-refractivity contribution in [1.82, 2.24) is 4.90 Å². The van der Waals surface area contributed by atoms with Gasteiger partial charge in [-0.2, -0.15) is 0 Å². The van der Waals surface area contributed by atoms with Crippen molar-refractivity contribution in [1.29, 1.82) is 0 Å². The van der Waals surface area contributed by atoms with E-state index in [1.807, 2.05) is 17.8 Å². The first-order valence-corrected chi connectivity index (χ1v) is 12.3. The van der Waals surface area contributed by atoms with Gasteiger partial charge in [0.15, 0.2) is 0 Å². The number of nitrogens with zero attached hydrogens (tertiary/aromatic N) is 1. The molecule has 2 nitrogen and oxygen atoms in total. The minimum atomic E-state index is 0.119. The molecular weight excluding hydrogens is 398 g/mol. The molecule has 0 amide bonds. The van der Waals surface area contributed by atoms with Crippen molar-refractivity contribution in [3.05, 3.63) is 58.6 Å². The molecule has 2 aliphatic heterocycles. The summed E-state index contributed by atoms with van der Waals surface area (Å²) in [6.45, 7) is 2.75. The molecule has 3 aliphatic rings. The maximum Gasteiger partial charge on any atom is 0.0433 e. The van der Waals surface area contributed by atoms with Crippen molar-refractivity contribution in [3.8, 4) is 0 Å². The van der Waals surface area contributed by atoms with Gasteiger partial charge in [0.1, 0.15) is 0 Å².